The van der Waals surface area contributed by atoms with E-state index in [0.29, 0.717) is 5.13 Å². The van der Waals surface area contributed by atoms with E-state index in [1.54, 1.807) is 0 Å². The molecule has 1 atom stereocenters. The molecule has 148 valence electrons. The molecule has 1 aromatic heterocycles. The number of carbonyl (C=O) groups is 2. The normalized spacial score (nSPS) is 11.5. The number of nitro benzene ring substituents is 1. The first-order valence-corrected chi connectivity index (χ1v) is 9.99. The van der Waals surface area contributed by atoms with E-state index in [2.05, 4.69) is 26.2 Å². The van der Waals surface area contributed by atoms with Crippen molar-refractivity contribution in [1.29, 1.82) is 0 Å². The molecule has 10 heteroatoms. The Labute approximate surface area is 177 Å². The highest BCUT2D eigenvalue weighted by molar-refractivity contribution is 9.10. The van der Waals surface area contributed by atoms with Crippen LogP contribution in [0.5, 0.6) is 0 Å². The molecule has 0 fully saturated rings. The maximum absolute atomic E-state index is 12.3. The molecular weight excluding hydrogens is 462 g/mol. The van der Waals surface area contributed by atoms with E-state index in [4.69, 9.17) is 4.74 Å². The number of hydrogen-bond acceptors (Lipinski definition) is 7. The number of anilines is 1. The minimum atomic E-state index is -1.12. The van der Waals surface area contributed by atoms with Crippen LogP contribution in [0, 0.1) is 10.1 Å². The zero-order valence-electron chi connectivity index (χ0n) is 15.0. The summed E-state index contributed by atoms with van der Waals surface area (Å²) >= 11 is 4.29. The average Bonchev–Trinajstić information content (AvgIpc) is 3.17. The van der Waals surface area contributed by atoms with Crippen LogP contribution >= 0.6 is 27.3 Å². The van der Waals surface area contributed by atoms with Gasteiger partial charge in [0.15, 0.2) is 11.2 Å². The maximum Gasteiger partial charge on any atom is 0.339 e. The standard InChI is InChI=1S/C19H14BrN3O5S/c1-11(28-18(25)13-7-8-14(20)16(9-13)23(26)27)17(24)22-19-21-15(10-29-19)12-5-3-2-4-6-12/h2-11H,1H3,(H,21,22,24)/t11-/m0/s1. The molecule has 0 spiro atoms. The fourth-order valence-corrected chi connectivity index (χ4v) is 3.46. The number of aromatic nitrogens is 1. The third kappa shape index (κ3) is 5.04. The Bertz CT molecular complexity index is 1070. The molecule has 0 saturated carbocycles. The van der Waals surface area contributed by atoms with Crippen molar-refractivity contribution in [3.8, 4) is 11.3 Å². The summed E-state index contributed by atoms with van der Waals surface area (Å²) in [5.41, 5.74) is 1.34. The second kappa shape index (κ2) is 8.93. The lowest BCUT2D eigenvalue weighted by atomic mass is 10.2. The molecule has 3 rings (SSSR count). The van der Waals surface area contributed by atoms with E-state index in [9.17, 15) is 19.7 Å². The van der Waals surface area contributed by atoms with Crippen molar-refractivity contribution in [3.63, 3.8) is 0 Å². The van der Waals surface area contributed by atoms with E-state index in [0.717, 1.165) is 17.3 Å². The molecule has 0 aliphatic heterocycles. The second-order valence-corrected chi connectivity index (χ2v) is 7.58. The van der Waals surface area contributed by atoms with Crippen LogP contribution in [0.4, 0.5) is 10.8 Å². The fourth-order valence-electron chi connectivity index (χ4n) is 2.34. The molecular formula is C19H14BrN3O5S. The van der Waals surface area contributed by atoms with Gasteiger partial charge in [-0.2, -0.15) is 0 Å². The summed E-state index contributed by atoms with van der Waals surface area (Å²) in [6.07, 6.45) is -1.12. The third-order valence-electron chi connectivity index (χ3n) is 3.84. The summed E-state index contributed by atoms with van der Waals surface area (Å²) in [6, 6.07) is 13.3. The summed E-state index contributed by atoms with van der Waals surface area (Å²) in [4.78, 5) is 39.3. The molecule has 0 saturated heterocycles. The number of halogens is 1. The lowest BCUT2D eigenvalue weighted by Gasteiger charge is -2.12. The van der Waals surface area contributed by atoms with Gasteiger partial charge in [-0.1, -0.05) is 30.3 Å². The maximum atomic E-state index is 12.3. The Hall–Kier alpha value is -3.11. The number of nitrogens with zero attached hydrogens (tertiary/aromatic N) is 2. The topological polar surface area (TPSA) is 111 Å². The number of nitrogens with one attached hydrogen (secondary N) is 1. The number of carbonyl (C=O) groups excluding carboxylic acids is 2. The number of ether oxygens (including phenoxy) is 1. The van der Waals surface area contributed by atoms with Gasteiger partial charge in [0.2, 0.25) is 0 Å². The molecule has 0 aliphatic rings. The van der Waals surface area contributed by atoms with Crippen LogP contribution in [0.2, 0.25) is 0 Å². The zero-order chi connectivity index (χ0) is 21.0. The lowest BCUT2D eigenvalue weighted by Crippen LogP contribution is -2.30. The van der Waals surface area contributed by atoms with Crippen LogP contribution in [0.25, 0.3) is 11.3 Å². The number of benzene rings is 2. The number of amides is 1. The first-order chi connectivity index (χ1) is 13.8. The molecule has 0 aliphatic carbocycles. The highest BCUT2D eigenvalue weighted by Gasteiger charge is 2.22. The SMILES string of the molecule is C[C@H](OC(=O)c1ccc(Br)c([N+](=O)[O-])c1)C(=O)Nc1nc(-c2ccccc2)cs1. The molecule has 1 amide bonds. The molecule has 0 unspecified atom stereocenters. The monoisotopic (exact) mass is 475 g/mol. The number of rotatable bonds is 6. The van der Waals surface area contributed by atoms with Crippen molar-refractivity contribution in [2.45, 2.75) is 13.0 Å². The van der Waals surface area contributed by atoms with Crippen LogP contribution in [-0.2, 0) is 9.53 Å². The Balaban J connectivity index is 1.64. The quantitative estimate of drug-likeness (QED) is 0.315. The molecule has 0 radical (unpaired) electrons. The summed E-state index contributed by atoms with van der Waals surface area (Å²) in [7, 11) is 0. The first kappa shape index (κ1) is 20.6. The van der Waals surface area contributed by atoms with Gasteiger partial charge in [-0.25, -0.2) is 9.78 Å². The average molecular weight is 476 g/mol. The van der Waals surface area contributed by atoms with E-state index in [1.807, 2.05) is 35.7 Å². The smallest absolute Gasteiger partial charge is 0.339 e. The van der Waals surface area contributed by atoms with E-state index < -0.39 is 22.9 Å². The Morgan fingerprint density at radius 2 is 1.97 bits per heavy atom. The molecule has 29 heavy (non-hydrogen) atoms. The van der Waals surface area contributed by atoms with Crippen molar-refractivity contribution in [2.24, 2.45) is 0 Å². The van der Waals surface area contributed by atoms with Gasteiger partial charge in [0, 0.05) is 17.0 Å². The molecule has 0 bridgehead atoms. The molecule has 1 N–H and O–H groups in total. The number of nitro groups is 1. The Kier molecular flexibility index (Phi) is 6.35. The summed E-state index contributed by atoms with van der Waals surface area (Å²) in [6.45, 7) is 1.41. The predicted octanol–water partition coefficient (Wildman–Crippen LogP) is 4.66. The van der Waals surface area contributed by atoms with Crippen LogP contribution in [0.15, 0.2) is 58.4 Å². The minimum absolute atomic E-state index is 0.0276. The highest BCUT2D eigenvalue weighted by atomic mass is 79.9. The first-order valence-electron chi connectivity index (χ1n) is 8.32. The van der Waals surface area contributed by atoms with Crippen molar-refractivity contribution in [2.75, 3.05) is 5.32 Å². The van der Waals surface area contributed by atoms with Gasteiger partial charge in [-0.15, -0.1) is 11.3 Å². The van der Waals surface area contributed by atoms with Gasteiger partial charge in [0.25, 0.3) is 11.6 Å². The van der Waals surface area contributed by atoms with Crippen molar-refractivity contribution in [3.05, 3.63) is 74.1 Å². The van der Waals surface area contributed by atoms with Crippen LogP contribution in [-0.4, -0.2) is 27.9 Å². The van der Waals surface area contributed by atoms with E-state index in [1.165, 1.54) is 30.4 Å². The molecule has 3 aromatic rings. The predicted molar refractivity (Wildman–Crippen MR) is 112 cm³/mol. The molecule has 2 aromatic carbocycles. The third-order valence-corrected chi connectivity index (χ3v) is 5.26. The van der Waals surface area contributed by atoms with Gasteiger partial charge >= 0.3 is 5.97 Å². The van der Waals surface area contributed by atoms with Gasteiger partial charge in [0.1, 0.15) is 0 Å². The Morgan fingerprint density at radius 1 is 1.24 bits per heavy atom. The number of esters is 1. The van der Waals surface area contributed by atoms with E-state index >= 15 is 0 Å². The summed E-state index contributed by atoms with van der Waals surface area (Å²) < 4.78 is 5.36. The van der Waals surface area contributed by atoms with Gasteiger partial charge in [-0.3, -0.25) is 20.2 Å². The minimum Gasteiger partial charge on any atom is -0.449 e. The zero-order valence-corrected chi connectivity index (χ0v) is 17.4. The summed E-state index contributed by atoms with van der Waals surface area (Å²) in [5, 5.41) is 15.8. The molecule has 8 nitrogen and oxygen atoms in total. The van der Waals surface area contributed by atoms with Crippen LogP contribution < -0.4 is 5.32 Å². The van der Waals surface area contributed by atoms with Crippen molar-refractivity contribution < 1.29 is 19.2 Å². The second-order valence-electron chi connectivity index (χ2n) is 5.86. The highest BCUT2D eigenvalue weighted by Crippen LogP contribution is 2.27. The van der Waals surface area contributed by atoms with Crippen LogP contribution in [0.3, 0.4) is 0 Å². The summed E-state index contributed by atoms with van der Waals surface area (Å²) in [5.74, 6) is -1.40. The van der Waals surface area contributed by atoms with Gasteiger partial charge in [-0.05, 0) is 35.0 Å². The largest absolute Gasteiger partial charge is 0.449 e. The van der Waals surface area contributed by atoms with Gasteiger partial charge in [0.05, 0.1) is 20.7 Å². The van der Waals surface area contributed by atoms with Crippen molar-refractivity contribution in [1.82, 2.24) is 4.98 Å². The van der Waals surface area contributed by atoms with Crippen LogP contribution in [0.1, 0.15) is 17.3 Å². The van der Waals surface area contributed by atoms with Crippen molar-refractivity contribution >= 4 is 50.0 Å². The lowest BCUT2D eigenvalue weighted by molar-refractivity contribution is -0.385. The Morgan fingerprint density at radius 3 is 2.66 bits per heavy atom. The molecule has 1 heterocycles. The van der Waals surface area contributed by atoms with Gasteiger partial charge < -0.3 is 4.74 Å². The number of thiazole rings is 1. The van der Waals surface area contributed by atoms with E-state index in [-0.39, 0.29) is 15.7 Å². The fraction of sp³-hybridized carbons (Fsp3) is 0.105. The number of hydrogen-bond donors (Lipinski definition) is 1.